The predicted molar refractivity (Wildman–Crippen MR) is 106 cm³/mol. The molecule has 1 amide bonds. The molecule has 1 heterocycles. The summed E-state index contributed by atoms with van der Waals surface area (Å²) in [5.74, 6) is 0.168. The maximum Gasteiger partial charge on any atom is 0.255 e. The number of nitrogen functional groups attached to an aromatic ring is 1. The zero-order chi connectivity index (χ0) is 18.7. The summed E-state index contributed by atoms with van der Waals surface area (Å²) in [4.78, 5) is 15.8. The summed E-state index contributed by atoms with van der Waals surface area (Å²) < 4.78 is 5.23. The number of ether oxygens (including phenoxy) is 1. The zero-order valence-corrected chi connectivity index (χ0v) is 15.6. The molecular weight excluding hydrogens is 350 g/mol. The average molecular weight is 372 g/mol. The van der Waals surface area contributed by atoms with E-state index < -0.39 is 0 Å². The number of aromatic amines is 1. The van der Waals surface area contributed by atoms with E-state index in [-0.39, 0.29) is 5.91 Å². The molecule has 0 atom stereocenters. The van der Waals surface area contributed by atoms with Gasteiger partial charge in [0.05, 0.1) is 23.4 Å². The quantitative estimate of drug-likeness (QED) is 0.574. The first-order valence-corrected chi connectivity index (χ1v) is 8.92. The van der Waals surface area contributed by atoms with Gasteiger partial charge in [-0.15, -0.1) is 0 Å². The number of halogens is 1. The molecule has 0 aliphatic heterocycles. The molecule has 4 N–H and O–H groups in total. The van der Waals surface area contributed by atoms with Crippen molar-refractivity contribution in [1.82, 2.24) is 10.3 Å². The number of methoxy groups -OCH3 is 1. The zero-order valence-electron chi connectivity index (χ0n) is 14.9. The van der Waals surface area contributed by atoms with Gasteiger partial charge in [0.15, 0.2) is 0 Å². The van der Waals surface area contributed by atoms with Gasteiger partial charge in [-0.05, 0) is 30.0 Å². The Morgan fingerprint density at radius 3 is 2.85 bits per heavy atom. The fourth-order valence-corrected chi connectivity index (χ4v) is 3.26. The minimum absolute atomic E-state index is 0.238. The molecule has 26 heavy (non-hydrogen) atoms. The number of carbonyl (C=O) groups excluding carboxylic acids is 1. The molecule has 6 heteroatoms. The number of hydrogen-bond acceptors (Lipinski definition) is 3. The van der Waals surface area contributed by atoms with E-state index in [0.29, 0.717) is 28.6 Å². The van der Waals surface area contributed by atoms with E-state index in [1.54, 1.807) is 6.07 Å². The molecule has 0 bridgehead atoms. The molecule has 3 rings (SSSR count). The Morgan fingerprint density at radius 1 is 1.31 bits per heavy atom. The second kappa shape index (κ2) is 7.70. The van der Waals surface area contributed by atoms with Crippen molar-refractivity contribution in [3.63, 3.8) is 0 Å². The molecule has 5 nitrogen and oxygen atoms in total. The molecule has 136 valence electrons. The molecule has 0 radical (unpaired) electrons. The summed E-state index contributed by atoms with van der Waals surface area (Å²) in [6, 6.07) is 9.39. The lowest BCUT2D eigenvalue weighted by atomic mass is 10.1. The first-order valence-electron chi connectivity index (χ1n) is 8.54. The van der Waals surface area contributed by atoms with Crippen LogP contribution in [0.2, 0.25) is 5.02 Å². The molecule has 0 saturated heterocycles. The molecule has 3 aromatic rings. The average Bonchev–Trinajstić information content (AvgIpc) is 3.06. The third kappa shape index (κ3) is 3.48. The predicted octanol–water partition coefficient (Wildman–Crippen LogP) is 3.95. The van der Waals surface area contributed by atoms with E-state index in [1.807, 2.05) is 6.20 Å². The highest BCUT2D eigenvalue weighted by Crippen LogP contribution is 2.28. The van der Waals surface area contributed by atoms with Crippen LogP contribution < -0.4 is 15.8 Å². The Morgan fingerprint density at radius 2 is 2.12 bits per heavy atom. The highest BCUT2D eigenvalue weighted by Gasteiger charge is 2.15. The van der Waals surface area contributed by atoms with Crippen LogP contribution in [0.4, 0.5) is 5.69 Å². The summed E-state index contributed by atoms with van der Waals surface area (Å²) in [5.41, 5.74) is 10.2. The lowest BCUT2D eigenvalue weighted by Crippen LogP contribution is -2.26. The van der Waals surface area contributed by atoms with Crippen LogP contribution in [0.15, 0.2) is 36.5 Å². The molecule has 0 spiro atoms. The number of anilines is 1. The van der Waals surface area contributed by atoms with Gasteiger partial charge in [0.1, 0.15) is 5.75 Å². The van der Waals surface area contributed by atoms with E-state index in [9.17, 15) is 4.79 Å². The third-order valence-corrected chi connectivity index (χ3v) is 4.84. The van der Waals surface area contributed by atoms with Gasteiger partial charge in [0.25, 0.3) is 5.91 Å². The van der Waals surface area contributed by atoms with Gasteiger partial charge in [-0.2, -0.15) is 0 Å². The van der Waals surface area contributed by atoms with E-state index in [1.165, 1.54) is 35.2 Å². The molecule has 0 unspecified atom stereocenters. The summed E-state index contributed by atoms with van der Waals surface area (Å²) in [6.45, 7) is 2.65. The van der Waals surface area contributed by atoms with Crippen molar-refractivity contribution in [1.29, 1.82) is 0 Å². The number of nitrogens with two attached hydrogens (primary N) is 1. The second-order valence-corrected chi connectivity index (χ2v) is 6.49. The Balaban J connectivity index is 1.71. The van der Waals surface area contributed by atoms with Crippen LogP contribution in [0.25, 0.3) is 10.9 Å². The Kier molecular flexibility index (Phi) is 5.38. The van der Waals surface area contributed by atoms with Crippen LogP contribution in [0.3, 0.4) is 0 Å². The molecule has 0 aliphatic carbocycles. The van der Waals surface area contributed by atoms with Crippen LogP contribution in [-0.4, -0.2) is 24.5 Å². The van der Waals surface area contributed by atoms with Crippen molar-refractivity contribution >= 4 is 34.1 Å². The molecule has 1 aromatic heterocycles. The Labute approximate surface area is 157 Å². The van der Waals surface area contributed by atoms with Crippen molar-refractivity contribution in [3.05, 3.63) is 58.2 Å². The van der Waals surface area contributed by atoms with Crippen molar-refractivity contribution in [3.8, 4) is 5.75 Å². The van der Waals surface area contributed by atoms with Gasteiger partial charge >= 0.3 is 0 Å². The number of amides is 1. The number of aryl methyl sites for hydroxylation is 1. The van der Waals surface area contributed by atoms with Gasteiger partial charge < -0.3 is 20.8 Å². The summed E-state index contributed by atoms with van der Waals surface area (Å²) in [7, 11) is 1.50. The maximum atomic E-state index is 12.5. The second-order valence-electron chi connectivity index (χ2n) is 6.09. The SMILES string of the molecule is CCc1cccc2c(CCNC(=O)c3cc(Cl)c(N)cc3OC)c[nH]c12. The van der Waals surface area contributed by atoms with Crippen molar-refractivity contribution in [2.45, 2.75) is 19.8 Å². The number of benzene rings is 2. The van der Waals surface area contributed by atoms with Gasteiger partial charge in [0.2, 0.25) is 0 Å². The normalized spacial score (nSPS) is 10.9. The summed E-state index contributed by atoms with van der Waals surface area (Å²) >= 11 is 6.03. The van der Waals surface area contributed by atoms with E-state index >= 15 is 0 Å². The molecule has 0 fully saturated rings. The number of H-pyrrole nitrogens is 1. The highest BCUT2D eigenvalue weighted by atomic mass is 35.5. The largest absolute Gasteiger partial charge is 0.496 e. The Hall–Kier alpha value is -2.66. The van der Waals surface area contributed by atoms with Gasteiger partial charge in [-0.1, -0.05) is 36.7 Å². The fourth-order valence-electron chi connectivity index (χ4n) is 3.10. The molecular formula is C20H22ClN3O2. The topological polar surface area (TPSA) is 80.1 Å². The summed E-state index contributed by atoms with van der Waals surface area (Å²) in [6.07, 6.45) is 3.71. The lowest BCUT2D eigenvalue weighted by Gasteiger charge is -2.11. The number of hydrogen-bond donors (Lipinski definition) is 3. The van der Waals surface area contributed by atoms with Crippen LogP contribution >= 0.6 is 11.6 Å². The molecule has 2 aromatic carbocycles. The van der Waals surface area contributed by atoms with Crippen LogP contribution in [-0.2, 0) is 12.8 Å². The summed E-state index contributed by atoms with van der Waals surface area (Å²) in [5, 5.41) is 4.45. The third-order valence-electron chi connectivity index (χ3n) is 4.51. The van der Waals surface area contributed by atoms with Crippen molar-refractivity contribution < 1.29 is 9.53 Å². The van der Waals surface area contributed by atoms with Crippen LogP contribution in [0.1, 0.15) is 28.4 Å². The standard InChI is InChI=1S/C20H22ClN3O2/c1-3-12-5-4-6-14-13(11-24-19(12)14)7-8-23-20(25)15-9-16(21)17(22)10-18(15)26-2/h4-6,9-11,24H,3,7-8,22H2,1-2H3,(H,23,25). The number of rotatable bonds is 6. The van der Waals surface area contributed by atoms with Crippen LogP contribution in [0.5, 0.6) is 5.75 Å². The highest BCUT2D eigenvalue weighted by molar-refractivity contribution is 6.33. The number of carbonyl (C=O) groups is 1. The lowest BCUT2D eigenvalue weighted by molar-refractivity contribution is 0.0951. The minimum atomic E-state index is -0.238. The van der Waals surface area contributed by atoms with Gasteiger partial charge in [-0.25, -0.2) is 0 Å². The van der Waals surface area contributed by atoms with E-state index in [0.717, 1.165) is 12.8 Å². The number of nitrogens with one attached hydrogen (secondary N) is 2. The van der Waals surface area contributed by atoms with E-state index in [2.05, 4.69) is 35.4 Å². The van der Waals surface area contributed by atoms with Gasteiger partial charge in [0, 0.05) is 29.7 Å². The van der Waals surface area contributed by atoms with E-state index in [4.69, 9.17) is 22.1 Å². The Bertz CT molecular complexity index is 950. The van der Waals surface area contributed by atoms with Crippen LogP contribution in [0, 0.1) is 0 Å². The molecule has 0 saturated carbocycles. The monoisotopic (exact) mass is 371 g/mol. The number of fused-ring (bicyclic) bond motifs is 1. The van der Waals surface area contributed by atoms with Crippen molar-refractivity contribution in [2.75, 3.05) is 19.4 Å². The first kappa shape index (κ1) is 18.1. The smallest absolute Gasteiger partial charge is 0.255 e. The van der Waals surface area contributed by atoms with Gasteiger partial charge in [-0.3, -0.25) is 4.79 Å². The minimum Gasteiger partial charge on any atom is -0.496 e. The fraction of sp³-hybridized carbons (Fsp3) is 0.250. The van der Waals surface area contributed by atoms with Crippen molar-refractivity contribution in [2.24, 2.45) is 0 Å². The molecule has 0 aliphatic rings. The maximum absolute atomic E-state index is 12.5. The first-order chi connectivity index (χ1) is 12.5. The number of aromatic nitrogens is 1. The number of para-hydroxylation sites is 1.